The summed E-state index contributed by atoms with van der Waals surface area (Å²) in [5.74, 6) is 7.78. The van der Waals surface area contributed by atoms with E-state index in [1.807, 2.05) is 0 Å². The van der Waals surface area contributed by atoms with Crippen LogP contribution >= 0.6 is 23.5 Å². The lowest BCUT2D eigenvalue weighted by Crippen LogP contribution is -2.48. The van der Waals surface area contributed by atoms with Gasteiger partial charge in [0.15, 0.2) is 0 Å². The molecule has 3 rings (SSSR count). The molecule has 0 radical (unpaired) electrons. The average molecular weight is 309 g/mol. The van der Waals surface area contributed by atoms with Crippen LogP contribution in [0.3, 0.4) is 0 Å². The average Bonchev–Trinajstić information content (AvgIpc) is 2.44. The van der Waals surface area contributed by atoms with Gasteiger partial charge in [0.05, 0.1) is 0 Å². The van der Waals surface area contributed by atoms with E-state index < -0.39 is 0 Å². The highest BCUT2D eigenvalue weighted by Gasteiger charge is 2.34. The summed E-state index contributed by atoms with van der Waals surface area (Å²) in [6.07, 6.45) is 2.40. The van der Waals surface area contributed by atoms with Crippen LogP contribution in [0, 0.1) is 0 Å². The SMILES string of the molecule is CC1SCC(C(CC2Cc3ccccc32)NN)SC1C. The van der Waals surface area contributed by atoms with Crippen molar-refractivity contribution in [1.29, 1.82) is 0 Å². The second-order valence-corrected chi connectivity index (χ2v) is 9.06. The number of nitrogens with one attached hydrogen (secondary N) is 1. The summed E-state index contributed by atoms with van der Waals surface area (Å²) >= 11 is 4.22. The highest BCUT2D eigenvalue weighted by atomic mass is 32.2. The highest BCUT2D eigenvalue weighted by molar-refractivity contribution is 8.07. The molecular formula is C16H24N2S2. The lowest BCUT2D eigenvalue weighted by atomic mass is 9.74. The summed E-state index contributed by atoms with van der Waals surface area (Å²) < 4.78 is 0. The first-order valence-electron chi connectivity index (χ1n) is 7.50. The van der Waals surface area contributed by atoms with Crippen LogP contribution in [-0.4, -0.2) is 27.5 Å². The summed E-state index contributed by atoms with van der Waals surface area (Å²) in [6, 6.07) is 9.27. The molecule has 1 saturated heterocycles. The molecular weight excluding hydrogens is 284 g/mol. The fraction of sp³-hybridized carbons (Fsp3) is 0.625. The second kappa shape index (κ2) is 6.30. The van der Waals surface area contributed by atoms with Crippen molar-refractivity contribution in [3.05, 3.63) is 35.4 Å². The molecule has 0 bridgehead atoms. The molecule has 5 unspecified atom stereocenters. The molecule has 2 nitrogen and oxygen atoms in total. The number of hydrazine groups is 1. The van der Waals surface area contributed by atoms with Gasteiger partial charge in [-0.2, -0.15) is 23.5 Å². The Morgan fingerprint density at radius 1 is 1.30 bits per heavy atom. The molecule has 1 heterocycles. The quantitative estimate of drug-likeness (QED) is 0.662. The minimum atomic E-state index is 0.431. The summed E-state index contributed by atoms with van der Waals surface area (Å²) in [6.45, 7) is 4.69. The molecule has 110 valence electrons. The molecule has 4 heteroatoms. The number of benzene rings is 1. The normalized spacial score (nSPS) is 34.1. The van der Waals surface area contributed by atoms with Crippen LogP contribution in [0.15, 0.2) is 24.3 Å². The van der Waals surface area contributed by atoms with Gasteiger partial charge < -0.3 is 0 Å². The van der Waals surface area contributed by atoms with Crippen molar-refractivity contribution in [2.75, 3.05) is 5.75 Å². The Labute approximate surface area is 130 Å². The molecule has 0 amide bonds. The summed E-state index contributed by atoms with van der Waals surface area (Å²) in [4.78, 5) is 0. The van der Waals surface area contributed by atoms with Crippen LogP contribution in [0.25, 0.3) is 0 Å². The maximum atomic E-state index is 5.86. The topological polar surface area (TPSA) is 38.0 Å². The Morgan fingerprint density at radius 2 is 2.10 bits per heavy atom. The third kappa shape index (κ3) is 2.89. The molecule has 1 aromatic rings. The summed E-state index contributed by atoms with van der Waals surface area (Å²) in [7, 11) is 0. The monoisotopic (exact) mass is 308 g/mol. The number of hydrogen-bond donors (Lipinski definition) is 2. The fourth-order valence-electron chi connectivity index (χ4n) is 3.23. The molecule has 1 fully saturated rings. The van der Waals surface area contributed by atoms with Gasteiger partial charge in [-0.15, -0.1) is 0 Å². The Morgan fingerprint density at radius 3 is 2.80 bits per heavy atom. The van der Waals surface area contributed by atoms with Crippen LogP contribution in [0.1, 0.15) is 37.3 Å². The molecule has 1 aliphatic heterocycles. The zero-order chi connectivity index (χ0) is 14.1. The molecule has 2 aliphatic rings. The van der Waals surface area contributed by atoms with E-state index in [-0.39, 0.29) is 0 Å². The first-order chi connectivity index (χ1) is 9.69. The second-order valence-electron chi connectivity index (χ2n) is 6.03. The number of fused-ring (bicyclic) bond motifs is 1. The zero-order valence-electron chi connectivity index (χ0n) is 12.2. The molecule has 0 saturated carbocycles. The van der Waals surface area contributed by atoms with E-state index in [2.05, 4.69) is 67.1 Å². The van der Waals surface area contributed by atoms with Gasteiger partial charge in [0.2, 0.25) is 0 Å². The molecule has 0 aromatic heterocycles. The molecule has 20 heavy (non-hydrogen) atoms. The van der Waals surface area contributed by atoms with Crippen LogP contribution in [0.2, 0.25) is 0 Å². The Bertz CT molecular complexity index is 466. The van der Waals surface area contributed by atoms with Crippen molar-refractivity contribution < 1.29 is 0 Å². The van der Waals surface area contributed by atoms with Crippen LogP contribution < -0.4 is 11.3 Å². The van der Waals surface area contributed by atoms with Gasteiger partial charge in [-0.25, -0.2) is 0 Å². The van der Waals surface area contributed by atoms with Crippen LogP contribution in [0.5, 0.6) is 0 Å². The minimum absolute atomic E-state index is 0.431. The van der Waals surface area contributed by atoms with Gasteiger partial charge in [-0.05, 0) is 29.9 Å². The van der Waals surface area contributed by atoms with Crippen LogP contribution in [0.4, 0.5) is 0 Å². The van der Waals surface area contributed by atoms with E-state index >= 15 is 0 Å². The van der Waals surface area contributed by atoms with E-state index in [1.165, 1.54) is 24.2 Å². The van der Waals surface area contributed by atoms with Crippen molar-refractivity contribution >= 4 is 23.5 Å². The largest absolute Gasteiger partial charge is 0.271 e. The van der Waals surface area contributed by atoms with Gasteiger partial charge >= 0.3 is 0 Å². The van der Waals surface area contributed by atoms with Crippen molar-refractivity contribution in [3.63, 3.8) is 0 Å². The standard InChI is InChI=1S/C16H24N2S2/c1-10-11(2)20-16(9-19-10)15(18-17)8-13-7-12-5-3-4-6-14(12)13/h3-6,10-11,13,15-16,18H,7-9,17H2,1-2H3. The molecule has 0 spiro atoms. The van der Waals surface area contributed by atoms with E-state index in [0.29, 0.717) is 17.2 Å². The number of thioether (sulfide) groups is 2. The Kier molecular flexibility index (Phi) is 4.65. The predicted octanol–water partition coefficient (Wildman–Crippen LogP) is 3.17. The molecule has 1 aromatic carbocycles. The van der Waals surface area contributed by atoms with E-state index in [4.69, 9.17) is 5.84 Å². The maximum absolute atomic E-state index is 5.86. The summed E-state index contributed by atoms with van der Waals surface area (Å²) in [5.41, 5.74) is 6.18. The lowest BCUT2D eigenvalue weighted by Gasteiger charge is -2.39. The number of nitrogens with two attached hydrogens (primary N) is 1. The maximum Gasteiger partial charge on any atom is 0.0343 e. The van der Waals surface area contributed by atoms with E-state index in [0.717, 1.165) is 10.5 Å². The van der Waals surface area contributed by atoms with Crippen molar-refractivity contribution in [1.82, 2.24) is 5.43 Å². The Hall–Kier alpha value is -0.160. The smallest absolute Gasteiger partial charge is 0.0343 e. The van der Waals surface area contributed by atoms with Crippen molar-refractivity contribution in [3.8, 4) is 0 Å². The van der Waals surface area contributed by atoms with Gasteiger partial charge in [0.1, 0.15) is 0 Å². The molecule has 1 aliphatic carbocycles. The van der Waals surface area contributed by atoms with Gasteiger partial charge in [0, 0.05) is 27.5 Å². The van der Waals surface area contributed by atoms with Crippen LogP contribution in [-0.2, 0) is 6.42 Å². The van der Waals surface area contributed by atoms with E-state index in [9.17, 15) is 0 Å². The third-order valence-corrected chi connectivity index (χ3v) is 8.29. The summed E-state index contributed by atoms with van der Waals surface area (Å²) in [5, 5.41) is 2.13. The molecule has 3 N–H and O–H groups in total. The third-order valence-electron chi connectivity index (χ3n) is 4.74. The zero-order valence-corrected chi connectivity index (χ0v) is 13.8. The number of hydrogen-bond acceptors (Lipinski definition) is 4. The fourth-order valence-corrected chi connectivity index (χ4v) is 6.35. The Balaban J connectivity index is 1.61. The van der Waals surface area contributed by atoms with Crippen molar-refractivity contribution in [2.45, 2.75) is 54.4 Å². The van der Waals surface area contributed by atoms with E-state index in [1.54, 1.807) is 5.56 Å². The predicted molar refractivity (Wildman–Crippen MR) is 91.4 cm³/mol. The molecule has 5 atom stereocenters. The highest BCUT2D eigenvalue weighted by Crippen LogP contribution is 2.42. The lowest BCUT2D eigenvalue weighted by molar-refractivity contribution is 0.422. The first-order valence-corrected chi connectivity index (χ1v) is 9.49. The first kappa shape index (κ1) is 14.8. The van der Waals surface area contributed by atoms with Crippen molar-refractivity contribution in [2.24, 2.45) is 5.84 Å². The van der Waals surface area contributed by atoms with Gasteiger partial charge in [0.25, 0.3) is 0 Å². The van der Waals surface area contributed by atoms with Gasteiger partial charge in [-0.3, -0.25) is 11.3 Å². The number of rotatable bonds is 4. The van der Waals surface area contributed by atoms with Gasteiger partial charge in [-0.1, -0.05) is 38.1 Å². The minimum Gasteiger partial charge on any atom is -0.271 e.